The van der Waals surface area contributed by atoms with E-state index in [1.165, 1.54) is 22.4 Å². The van der Waals surface area contributed by atoms with E-state index in [1.807, 2.05) is 6.07 Å². The third kappa shape index (κ3) is 4.40. The monoisotopic (exact) mass is 423 g/mol. The Morgan fingerprint density at radius 3 is 2.62 bits per heavy atom. The Kier molecular flexibility index (Phi) is 6.04. The van der Waals surface area contributed by atoms with Crippen molar-refractivity contribution in [3.63, 3.8) is 0 Å². The molecule has 0 atom stereocenters. The van der Waals surface area contributed by atoms with Gasteiger partial charge in [0, 0.05) is 35.3 Å². The standard InChI is InChI=1S/C24H26ClN3S/c1-4-27(12-11-19-7-10-21(25)18(3)15-19)16-22-23(20-8-5-17(2)6-9-20)26-24-28(22)13-14-29-24/h5-10,13-15H,4,11-12,16H2,1-3H3. The normalized spacial score (nSPS) is 11.6. The van der Waals surface area contributed by atoms with Crippen LogP contribution >= 0.6 is 22.9 Å². The number of benzene rings is 2. The van der Waals surface area contributed by atoms with Crippen LogP contribution in [0.1, 0.15) is 29.3 Å². The van der Waals surface area contributed by atoms with Crippen molar-refractivity contribution >= 4 is 27.9 Å². The molecule has 0 radical (unpaired) electrons. The van der Waals surface area contributed by atoms with Crippen LogP contribution < -0.4 is 0 Å². The largest absolute Gasteiger partial charge is 0.297 e. The van der Waals surface area contributed by atoms with Gasteiger partial charge in [-0.2, -0.15) is 0 Å². The number of thiazole rings is 1. The maximum atomic E-state index is 6.18. The third-order valence-corrected chi connectivity index (χ3v) is 6.63. The van der Waals surface area contributed by atoms with Gasteiger partial charge in [-0.3, -0.25) is 9.30 Å². The quantitative estimate of drug-likeness (QED) is 0.343. The minimum absolute atomic E-state index is 0.836. The first-order valence-electron chi connectivity index (χ1n) is 10.0. The number of likely N-dealkylation sites (N-methyl/N-ethyl adjacent to an activating group) is 1. The molecule has 4 rings (SSSR count). The second-order valence-corrected chi connectivity index (χ2v) is 8.81. The molecular weight excluding hydrogens is 398 g/mol. The summed E-state index contributed by atoms with van der Waals surface area (Å²) >= 11 is 7.87. The van der Waals surface area contributed by atoms with Crippen LogP contribution in [0.4, 0.5) is 0 Å². The average molecular weight is 424 g/mol. The predicted molar refractivity (Wildman–Crippen MR) is 124 cm³/mol. The molecule has 0 spiro atoms. The molecule has 0 amide bonds. The first-order chi connectivity index (χ1) is 14.0. The summed E-state index contributed by atoms with van der Waals surface area (Å²) in [5, 5.41) is 2.94. The molecule has 3 nitrogen and oxygen atoms in total. The van der Waals surface area contributed by atoms with Crippen LogP contribution in [0, 0.1) is 13.8 Å². The molecule has 2 aromatic heterocycles. The number of imidazole rings is 1. The summed E-state index contributed by atoms with van der Waals surface area (Å²) in [5.74, 6) is 0. The van der Waals surface area contributed by atoms with Crippen molar-refractivity contribution in [2.75, 3.05) is 13.1 Å². The summed E-state index contributed by atoms with van der Waals surface area (Å²) in [6.07, 6.45) is 3.15. The minimum Gasteiger partial charge on any atom is -0.297 e. The highest BCUT2D eigenvalue weighted by Crippen LogP contribution is 2.28. The van der Waals surface area contributed by atoms with E-state index in [0.717, 1.165) is 47.3 Å². The number of hydrogen-bond donors (Lipinski definition) is 0. The number of aryl methyl sites for hydroxylation is 2. The minimum atomic E-state index is 0.836. The van der Waals surface area contributed by atoms with E-state index in [4.69, 9.17) is 16.6 Å². The van der Waals surface area contributed by atoms with Crippen LogP contribution in [-0.2, 0) is 13.0 Å². The topological polar surface area (TPSA) is 20.5 Å². The Bertz CT molecular complexity index is 1110. The number of hydrogen-bond acceptors (Lipinski definition) is 3. The first kappa shape index (κ1) is 20.1. The molecule has 5 heteroatoms. The summed E-state index contributed by atoms with van der Waals surface area (Å²) < 4.78 is 2.24. The van der Waals surface area contributed by atoms with Gasteiger partial charge < -0.3 is 0 Å². The van der Waals surface area contributed by atoms with Crippen LogP contribution in [-0.4, -0.2) is 27.4 Å². The van der Waals surface area contributed by atoms with E-state index in [1.54, 1.807) is 11.3 Å². The van der Waals surface area contributed by atoms with Gasteiger partial charge >= 0.3 is 0 Å². The molecule has 0 saturated carbocycles. The van der Waals surface area contributed by atoms with Gasteiger partial charge in [-0.1, -0.05) is 60.5 Å². The van der Waals surface area contributed by atoms with Crippen LogP contribution in [0.3, 0.4) is 0 Å². The molecule has 0 aliphatic carbocycles. The van der Waals surface area contributed by atoms with Gasteiger partial charge in [-0.25, -0.2) is 4.98 Å². The molecule has 0 fully saturated rings. The van der Waals surface area contributed by atoms with Crippen molar-refractivity contribution in [2.24, 2.45) is 0 Å². The van der Waals surface area contributed by atoms with Crippen LogP contribution in [0.5, 0.6) is 0 Å². The molecule has 0 saturated heterocycles. The number of nitrogens with zero attached hydrogens (tertiary/aromatic N) is 3. The number of halogens is 1. The fourth-order valence-electron chi connectivity index (χ4n) is 3.64. The van der Waals surface area contributed by atoms with Crippen molar-refractivity contribution < 1.29 is 0 Å². The third-order valence-electron chi connectivity index (χ3n) is 5.45. The van der Waals surface area contributed by atoms with Crippen LogP contribution in [0.2, 0.25) is 5.02 Å². The maximum absolute atomic E-state index is 6.18. The summed E-state index contributed by atoms with van der Waals surface area (Å²) in [6, 6.07) is 15.0. The number of aromatic nitrogens is 2. The lowest BCUT2D eigenvalue weighted by atomic mass is 10.1. The van der Waals surface area contributed by atoms with Crippen molar-refractivity contribution in [3.8, 4) is 11.3 Å². The Morgan fingerprint density at radius 2 is 1.90 bits per heavy atom. The Balaban J connectivity index is 1.58. The Labute approximate surface area is 181 Å². The lowest BCUT2D eigenvalue weighted by Gasteiger charge is -2.21. The second kappa shape index (κ2) is 8.70. The van der Waals surface area contributed by atoms with Crippen molar-refractivity contribution in [1.82, 2.24) is 14.3 Å². The highest BCUT2D eigenvalue weighted by molar-refractivity contribution is 7.15. The van der Waals surface area contributed by atoms with Gasteiger partial charge in [-0.15, -0.1) is 11.3 Å². The molecule has 150 valence electrons. The Hall–Kier alpha value is -2.14. The SMILES string of the molecule is CCN(CCc1ccc(Cl)c(C)c1)Cc1c(-c2ccc(C)cc2)nc2sccn12. The van der Waals surface area contributed by atoms with Gasteiger partial charge in [0.1, 0.15) is 0 Å². The zero-order chi connectivity index (χ0) is 20.4. The van der Waals surface area contributed by atoms with Gasteiger partial charge in [-0.05, 0) is 44.0 Å². The number of fused-ring (bicyclic) bond motifs is 1. The van der Waals surface area contributed by atoms with Gasteiger partial charge in [0.05, 0.1) is 11.4 Å². The van der Waals surface area contributed by atoms with Gasteiger partial charge in [0.25, 0.3) is 0 Å². The summed E-state index contributed by atoms with van der Waals surface area (Å²) in [6.45, 7) is 9.29. The summed E-state index contributed by atoms with van der Waals surface area (Å²) in [5.41, 5.74) is 7.29. The average Bonchev–Trinajstić information content (AvgIpc) is 3.30. The zero-order valence-electron chi connectivity index (χ0n) is 17.2. The van der Waals surface area contributed by atoms with E-state index in [-0.39, 0.29) is 0 Å². The van der Waals surface area contributed by atoms with E-state index < -0.39 is 0 Å². The maximum Gasteiger partial charge on any atom is 0.194 e. The highest BCUT2D eigenvalue weighted by atomic mass is 35.5. The molecule has 0 aliphatic rings. The van der Waals surface area contributed by atoms with E-state index in [2.05, 4.69) is 78.0 Å². The molecule has 29 heavy (non-hydrogen) atoms. The molecule has 2 aromatic carbocycles. The lowest BCUT2D eigenvalue weighted by molar-refractivity contribution is 0.280. The zero-order valence-corrected chi connectivity index (χ0v) is 18.7. The molecule has 0 bridgehead atoms. The molecule has 0 N–H and O–H groups in total. The smallest absolute Gasteiger partial charge is 0.194 e. The number of rotatable bonds is 7. The molecule has 2 heterocycles. The van der Waals surface area contributed by atoms with Crippen molar-refractivity contribution in [2.45, 2.75) is 33.7 Å². The van der Waals surface area contributed by atoms with Crippen molar-refractivity contribution in [3.05, 3.63) is 81.4 Å². The molecule has 4 aromatic rings. The summed E-state index contributed by atoms with van der Waals surface area (Å²) in [4.78, 5) is 8.48. The Morgan fingerprint density at radius 1 is 1.10 bits per heavy atom. The van der Waals surface area contributed by atoms with Gasteiger partial charge in [0.2, 0.25) is 0 Å². The molecule has 0 aliphatic heterocycles. The fraction of sp³-hybridized carbons (Fsp3) is 0.292. The van der Waals surface area contributed by atoms with E-state index in [0.29, 0.717) is 0 Å². The summed E-state index contributed by atoms with van der Waals surface area (Å²) in [7, 11) is 0. The second-order valence-electron chi connectivity index (χ2n) is 7.53. The lowest BCUT2D eigenvalue weighted by Crippen LogP contribution is -2.26. The fourth-order valence-corrected chi connectivity index (χ4v) is 4.49. The van der Waals surface area contributed by atoms with Crippen LogP contribution in [0.25, 0.3) is 16.2 Å². The highest BCUT2D eigenvalue weighted by Gasteiger charge is 2.17. The molecular formula is C24H26ClN3S. The van der Waals surface area contributed by atoms with Gasteiger partial charge in [0.15, 0.2) is 4.96 Å². The first-order valence-corrected chi connectivity index (χ1v) is 11.3. The molecule has 0 unspecified atom stereocenters. The predicted octanol–water partition coefficient (Wildman–Crippen LogP) is 6.40. The van der Waals surface area contributed by atoms with Crippen molar-refractivity contribution in [1.29, 1.82) is 0 Å². The van der Waals surface area contributed by atoms with E-state index >= 15 is 0 Å². The van der Waals surface area contributed by atoms with E-state index in [9.17, 15) is 0 Å². The van der Waals surface area contributed by atoms with Crippen LogP contribution in [0.15, 0.2) is 54.0 Å².